The van der Waals surface area contributed by atoms with Gasteiger partial charge in [0.05, 0.1) is 9.92 Å². The maximum absolute atomic E-state index is 13.3. The molecule has 0 N–H and O–H groups in total. The third kappa shape index (κ3) is 3.93. The van der Waals surface area contributed by atoms with E-state index in [1.54, 1.807) is 36.5 Å². The minimum absolute atomic E-state index is 0.211. The Hall–Kier alpha value is -2.63. The monoisotopic (exact) mass is 426 g/mol. The fraction of sp³-hybridized carbons (Fsp3) is 0.174. The van der Waals surface area contributed by atoms with Crippen LogP contribution in [0.2, 0.25) is 5.02 Å². The van der Waals surface area contributed by atoms with E-state index in [0.29, 0.717) is 16.1 Å². The molecule has 0 unspecified atom stereocenters. The first-order valence-corrected chi connectivity index (χ1v) is 11.2. The summed E-state index contributed by atoms with van der Waals surface area (Å²) in [7, 11) is -3.80. The fourth-order valence-corrected chi connectivity index (χ4v) is 4.69. The Bertz CT molecular complexity index is 1260. The Morgan fingerprint density at radius 1 is 0.931 bits per heavy atom. The number of halogens is 1. The zero-order valence-electron chi connectivity index (χ0n) is 16.8. The van der Waals surface area contributed by atoms with Gasteiger partial charge in [-0.15, -0.1) is 0 Å². The number of benzene rings is 2. The average molecular weight is 427 g/mol. The molecular formula is C23H23ClN2O2S. The van der Waals surface area contributed by atoms with E-state index >= 15 is 0 Å². The molecule has 4 nitrogen and oxygen atoms in total. The van der Waals surface area contributed by atoms with Crippen LogP contribution in [0.4, 0.5) is 0 Å². The Morgan fingerprint density at radius 2 is 1.62 bits per heavy atom. The largest absolute Gasteiger partial charge is 0.269 e. The van der Waals surface area contributed by atoms with Gasteiger partial charge in [0.2, 0.25) is 0 Å². The third-order valence-electron chi connectivity index (χ3n) is 4.51. The molecule has 4 rings (SSSR count). The van der Waals surface area contributed by atoms with Gasteiger partial charge >= 0.3 is 0 Å². The van der Waals surface area contributed by atoms with Crippen LogP contribution >= 0.6 is 11.6 Å². The molecule has 0 saturated carbocycles. The lowest BCUT2D eigenvalue weighted by atomic mass is 10.0. The van der Waals surface area contributed by atoms with Crippen molar-refractivity contribution in [3.63, 3.8) is 0 Å². The molecule has 29 heavy (non-hydrogen) atoms. The van der Waals surface area contributed by atoms with Crippen molar-refractivity contribution in [2.45, 2.75) is 32.6 Å². The average Bonchev–Trinajstić information content (AvgIpc) is 3.12. The van der Waals surface area contributed by atoms with E-state index < -0.39 is 10.0 Å². The van der Waals surface area contributed by atoms with Crippen LogP contribution in [0.1, 0.15) is 25.0 Å². The van der Waals surface area contributed by atoms with Gasteiger partial charge < -0.3 is 0 Å². The summed E-state index contributed by atoms with van der Waals surface area (Å²) in [6, 6.07) is 16.3. The van der Waals surface area contributed by atoms with Gasteiger partial charge in [-0.2, -0.15) is 0 Å². The van der Waals surface area contributed by atoms with E-state index in [2.05, 4.69) is 4.98 Å². The van der Waals surface area contributed by atoms with Gasteiger partial charge in [0.15, 0.2) is 5.65 Å². The van der Waals surface area contributed by atoms with Crippen LogP contribution in [-0.4, -0.2) is 17.4 Å². The van der Waals surface area contributed by atoms with Crippen molar-refractivity contribution in [1.29, 1.82) is 0 Å². The molecule has 0 aliphatic rings. The van der Waals surface area contributed by atoms with Gasteiger partial charge in [-0.3, -0.25) is 0 Å². The van der Waals surface area contributed by atoms with Crippen LogP contribution in [-0.2, 0) is 10.0 Å². The molecule has 0 saturated heterocycles. The normalized spacial score (nSPS) is 11.2. The summed E-state index contributed by atoms with van der Waals surface area (Å²) in [5.74, 6) is 0. The zero-order valence-corrected chi connectivity index (χ0v) is 18.4. The van der Waals surface area contributed by atoms with Gasteiger partial charge in [0.1, 0.15) is 0 Å². The predicted octanol–water partition coefficient (Wildman–Crippen LogP) is 6.24. The maximum atomic E-state index is 13.3. The van der Waals surface area contributed by atoms with Crippen molar-refractivity contribution in [3.05, 3.63) is 83.1 Å². The Labute approximate surface area is 176 Å². The minimum Gasteiger partial charge on any atom is -0.237 e. The van der Waals surface area contributed by atoms with Gasteiger partial charge in [0, 0.05) is 23.3 Å². The summed E-state index contributed by atoms with van der Waals surface area (Å²) in [5.41, 5.74) is 4.03. The number of pyridine rings is 1. The SMILES string of the molecule is CC.Cc1ccc(S(=O)(=O)n2cc(-c3cccc(C)c3)c3c(Cl)ccnc32)cc1. The first kappa shape index (κ1) is 21.1. The molecule has 0 bridgehead atoms. The number of fused-ring (bicyclic) bond motifs is 1. The van der Waals surface area contributed by atoms with Crippen LogP contribution in [0, 0.1) is 13.8 Å². The summed E-state index contributed by atoms with van der Waals surface area (Å²) >= 11 is 6.43. The number of rotatable bonds is 3. The molecule has 4 aromatic rings. The van der Waals surface area contributed by atoms with Gasteiger partial charge in [-0.05, 0) is 37.6 Å². The smallest absolute Gasteiger partial charge is 0.237 e. The van der Waals surface area contributed by atoms with Crippen molar-refractivity contribution in [2.75, 3.05) is 0 Å². The van der Waals surface area contributed by atoms with Crippen molar-refractivity contribution in [2.24, 2.45) is 0 Å². The molecule has 0 amide bonds. The van der Waals surface area contributed by atoms with Crippen LogP contribution in [0.3, 0.4) is 0 Å². The van der Waals surface area contributed by atoms with Gasteiger partial charge in [0.25, 0.3) is 10.0 Å². The molecule has 0 aliphatic heterocycles. The summed E-state index contributed by atoms with van der Waals surface area (Å²) in [6.07, 6.45) is 3.12. The summed E-state index contributed by atoms with van der Waals surface area (Å²) in [6.45, 7) is 7.91. The topological polar surface area (TPSA) is 52.0 Å². The van der Waals surface area contributed by atoms with Crippen LogP contribution in [0.25, 0.3) is 22.2 Å². The molecule has 0 fully saturated rings. The van der Waals surface area contributed by atoms with Crippen molar-refractivity contribution < 1.29 is 8.42 Å². The van der Waals surface area contributed by atoms with E-state index in [-0.39, 0.29) is 4.90 Å². The van der Waals surface area contributed by atoms with E-state index in [4.69, 9.17) is 11.6 Å². The number of nitrogens with zero attached hydrogens (tertiary/aromatic N) is 2. The van der Waals surface area contributed by atoms with E-state index in [1.807, 2.05) is 52.0 Å². The highest BCUT2D eigenvalue weighted by molar-refractivity contribution is 7.90. The van der Waals surface area contributed by atoms with Gasteiger partial charge in [-0.25, -0.2) is 17.4 Å². The van der Waals surface area contributed by atoms with Crippen molar-refractivity contribution in [1.82, 2.24) is 8.96 Å². The predicted molar refractivity (Wildman–Crippen MR) is 120 cm³/mol. The lowest BCUT2D eigenvalue weighted by molar-refractivity contribution is 0.589. The molecule has 2 aromatic carbocycles. The van der Waals surface area contributed by atoms with Crippen LogP contribution in [0.5, 0.6) is 0 Å². The van der Waals surface area contributed by atoms with Crippen LogP contribution in [0.15, 0.2) is 71.9 Å². The molecule has 0 radical (unpaired) electrons. The summed E-state index contributed by atoms with van der Waals surface area (Å²) in [5, 5.41) is 1.09. The molecule has 0 spiro atoms. The Morgan fingerprint density at radius 3 is 2.28 bits per heavy atom. The number of aryl methyl sites for hydroxylation is 2. The number of hydrogen-bond donors (Lipinski definition) is 0. The second-order valence-electron chi connectivity index (χ2n) is 6.52. The maximum Gasteiger partial charge on any atom is 0.269 e. The quantitative estimate of drug-likeness (QED) is 0.389. The molecule has 2 heterocycles. The highest BCUT2D eigenvalue weighted by Gasteiger charge is 2.24. The van der Waals surface area contributed by atoms with E-state index in [1.165, 1.54) is 10.2 Å². The number of hydrogen-bond acceptors (Lipinski definition) is 3. The standard InChI is InChI=1S/C21H17ClN2O2S.C2H6/c1-14-6-8-17(9-7-14)27(25,26)24-13-18(16-5-3-4-15(2)12-16)20-19(22)10-11-23-21(20)24;1-2/h3-13H,1-2H3;1-2H3. The first-order valence-electron chi connectivity index (χ1n) is 9.43. The molecular weight excluding hydrogens is 404 g/mol. The lowest BCUT2D eigenvalue weighted by Crippen LogP contribution is -2.12. The second-order valence-corrected chi connectivity index (χ2v) is 8.74. The second kappa shape index (κ2) is 8.39. The summed E-state index contributed by atoms with van der Waals surface area (Å²) in [4.78, 5) is 4.53. The van der Waals surface area contributed by atoms with Crippen molar-refractivity contribution in [3.8, 4) is 11.1 Å². The Kier molecular flexibility index (Phi) is 6.10. The highest BCUT2D eigenvalue weighted by Crippen LogP contribution is 2.36. The minimum atomic E-state index is -3.80. The molecule has 0 aliphatic carbocycles. The molecule has 0 atom stereocenters. The molecule has 2 aromatic heterocycles. The molecule has 6 heteroatoms. The van der Waals surface area contributed by atoms with Crippen molar-refractivity contribution >= 4 is 32.7 Å². The van der Waals surface area contributed by atoms with E-state index in [9.17, 15) is 8.42 Å². The van der Waals surface area contributed by atoms with E-state index in [0.717, 1.165) is 22.3 Å². The number of aromatic nitrogens is 2. The van der Waals surface area contributed by atoms with Gasteiger partial charge in [-0.1, -0.05) is 73.0 Å². The Balaban J connectivity index is 0.00000117. The fourth-order valence-electron chi connectivity index (χ4n) is 3.13. The summed E-state index contributed by atoms with van der Waals surface area (Å²) < 4.78 is 27.7. The lowest BCUT2D eigenvalue weighted by Gasteiger charge is -2.07. The zero-order chi connectivity index (χ0) is 21.2. The molecule has 150 valence electrons. The highest BCUT2D eigenvalue weighted by atomic mass is 35.5. The van der Waals surface area contributed by atoms with Crippen LogP contribution < -0.4 is 0 Å². The first-order chi connectivity index (χ1) is 13.9. The third-order valence-corrected chi connectivity index (χ3v) is 6.49.